The molecule has 17 heavy (non-hydrogen) atoms. The van der Waals surface area contributed by atoms with Gasteiger partial charge in [-0.2, -0.15) is 0 Å². The molecule has 0 fully saturated rings. The van der Waals surface area contributed by atoms with Gasteiger partial charge in [0.15, 0.2) is 0 Å². The van der Waals surface area contributed by atoms with Crippen LogP contribution in [0.3, 0.4) is 0 Å². The molecular weight excluding hydrogens is 216 g/mol. The van der Waals surface area contributed by atoms with Crippen LogP contribution in [0, 0.1) is 5.92 Å². The van der Waals surface area contributed by atoms with Crippen LogP contribution in [0.5, 0.6) is 5.75 Å². The Labute approximate surface area is 101 Å². The summed E-state index contributed by atoms with van der Waals surface area (Å²) in [6, 6.07) is 7.90. The Morgan fingerprint density at radius 1 is 1.35 bits per heavy atom. The summed E-state index contributed by atoms with van der Waals surface area (Å²) in [5.41, 5.74) is 2.40. The van der Waals surface area contributed by atoms with Crippen molar-refractivity contribution in [3.8, 4) is 5.75 Å². The average molecular weight is 232 g/mol. The Kier molecular flexibility index (Phi) is 3.47. The number of carbonyl (C=O) groups is 1. The van der Waals surface area contributed by atoms with Crippen LogP contribution in [-0.2, 0) is 4.79 Å². The predicted molar refractivity (Wildman–Crippen MR) is 65.9 cm³/mol. The zero-order chi connectivity index (χ0) is 12.3. The smallest absolute Gasteiger partial charge is 0.306 e. The Balaban J connectivity index is 2.10. The van der Waals surface area contributed by atoms with Gasteiger partial charge in [0.25, 0.3) is 0 Å². The minimum absolute atomic E-state index is 0.211. The summed E-state index contributed by atoms with van der Waals surface area (Å²) >= 11 is 0. The van der Waals surface area contributed by atoms with Gasteiger partial charge >= 0.3 is 5.97 Å². The molecule has 0 unspecified atom stereocenters. The highest BCUT2D eigenvalue weighted by Crippen LogP contribution is 2.30. The van der Waals surface area contributed by atoms with Gasteiger partial charge in [0.2, 0.25) is 0 Å². The summed E-state index contributed by atoms with van der Waals surface area (Å²) < 4.78 is 5.11. The lowest BCUT2D eigenvalue weighted by atomic mass is 9.87. The van der Waals surface area contributed by atoms with Crippen LogP contribution in [0.15, 0.2) is 30.3 Å². The molecule has 0 bridgehead atoms. The van der Waals surface area contributed by atoms with Gasteiger partial charge in [-0.05, 0) is 42.5 Å². The second-order valence-corrected chi connectivity index (χ2v) is 4.27. The molecule has 1 atom stereocenters. The van der Waals surface area contributed by atoms with Crippen LogP contribution in [0.25, 0.3) is 5.57 Å². The van der Waals surface area contributed by atoms with E-state index in [0.29, 0.717) is 6.42 Å². The minimum atomic E-state index is -0.685. The highest BCUT2D eigenvalue weighted by molar-refractivity contribution is 5.74. The van der Waals surface area contributed by atoms with E-state index < -0.39 is 5.97 Å². The highest BCUT2D eigenvalue weighted by Gasteiger charge is 2.20. The monoisotopic (exact) mass is 232 g/mol. The third-order valence-electron chi connectivity index (χ3n) is 3.22. The number of aliphatic carboxylic acids is 1. The summed E-state index contributed by atoms with van der Waals surface area (Å²) in [4.78, 5) is 10.8. The summed E-state index contributed by atoms with van der Waals surface area (Å²) in [6.45, 7) is 0. The topological polar surface area (TPSA) is 46.5 Å². The minimum Gasteiger partial charge on any atom is -0.497 e. The fraction of sp³-hybridized carbons (Fsp3) is 0.357. The maximum absolute atomic E-state index is 10.8. The number of methoxy groups -OCH3 is 1. The predicted octanol–water partition coefficient (Wildman–Crippen LogP) is 2.96. The number of carboxylic acid groups (broad SMARTS) is 1. The SMILES string of the molecule is COc1ccc(C2=CC[C@@H](C(=O)O)CC2)cc1. The number of carboxylic acids is 1. The molecule has 0 aliphatic heterocycles. The quantitative estimate of drug-likeness (QED) is 0.871. The summed E-state index contributed by atoms with van der Waals surface area (Å²) in [5.74, 6) is -0.0550. The average Bonchev–Trinajstić information content (AvgIpc) is 2.39. The molecule has 0 saturated heterocycles. The molecule has 0 spiro atoms. The van der Waals surface area contributed by atoms with Gasteiger partial charge in [0, 0.05) is 0 Å². The third kappa shape index (κ3) is 2.67. The van der Waals surface area contributed by atoms with Crippen molar-refractivity contribution in [2.24, 2.45) is 5.92 Å². The maximum atomic E-state index is 10.8. The fourth-order valence-corrected chi connectivity index (χ4v) is 2.13. The molecule has 1 aliphatic rings. The van der Waals surface area contributed by atoms with E-state index in [1.807, 2.05) is 30.3 Å². The molecule has 0 heterocycles. The van der Waals surface area contributed by atoms with Crippen LogP contribution in [0.4, 0.5) is 0 Å². The van der Waals surface area contributed by atoms with E-state index in [1.165, 1.54) is 5.57 Å². The maximum Gasteiger partial charge on any atom is 0.306 e. The lowest BCUT2D eigenvalue weighted by molar-refractivity contribution is -0.141. The first-order valence-corrected chi connectivity index (χ1v) is 5.77. The first-order chi connectivity index (χ1) is 8.20. The molecule has 1 aromatic rings. The van der Waals surface area contributed by atoms with Gasteiger partial charge in [-0.1, -0.05) is 18.2 Å². The van der Waals surface area contributed by atoms with Crippen molar-refractivity contribution in [2.75, 3.05) is 7.11 Å². The molecule has 1 aromatic carbocycles. The molecule has 0 radical (unpaired) electrons. The van der Waals surface area contributed by atoms with E-state index >= 15 is 0 Å². The van der Waals surface area contributed by atoms with E-state index in [1.54, 1.807) is 7.11 Å². The van der Waals surface area contributed by atoms with Crippen molar-refractivity contribution in [2.45, 2.75) is 19.3 Å². The second-order valence-electron chi connectivity index (χ2n) is 4.27. The molecule has 3 heteroatoms. The molecule has 0 aromatic heterocycles. The number of hydrogen-bond donors (Lipinski definition) is 1. The Hall–Kier alpha value is -1.77. The molecule has 0 saturated carbocycles. The van der Waals surface area contributed by atoms with E-state index in [9.17, 15) is 4.79 Å². The largest absolute Gasteiger partial charge is 0.497 e. The zero-order valence-corrected chi connectivity index (χ0v) is 9.85. The van der Waals surface area contributed by atoms with Crippen molar-refractivity contribution < 1.29 is 14.6 Å². The van der Waals surface area contributed by atoms with E-state index in [0.717, 1.165) is 24.2 Å². The van der Waals surface area contributed by atoms with E-state index in [2.05, 4.69) is 0 Å². The summed E-state index contributed by atoms with van der Waals surface area (Å²) in [7, 11) is 1.65. The van der Waals surface area contributed by atoms with Crippen LogP contribution in [0.1, 0.15) is 24.8 Å². The first kappa shape index (κ1) is 11.7. The molecule has 1 aliphatic carbocycles. The first-order valence-electron chi connectivity index (χ1n) is 5.77. The van der Waals surface area contributed by atoms with Crippen molar-refractivity contribution in [1.29, 1.82) is 0 Å². The Morgan fingerprint density at radius 2 is 2.06 bits per heavy atom. The highest BCUT2D eigenvalue weighted by atomic mass is 16.5. The fourth-order valence-electron chi connectivity index (χ4n) is 2.13. The lowest BCUT2D eigenvalue weighted by Gasteiger charge is -2.18. The second kappa shape index (κ2) is 5.04. The van der Waals surface area contributed by atoms with Gasteiger partial charge in [0.05, 0.1) is 13.0 Å². The van der Waals surface area contributed by atoms with Gasteiger partial charge < -0.3 is 9.84 Å². The lowest BCUT2D eigenvalue weighted by Crippen LogP contribution is -2.15. The van der Waals surface area contributed by atoms with Crippen LogP contribution in [-0.4, -0.2) is 18.2 Å². The van der Waals surface area contributed by atoms with E-state index in [-0.39, 0.29) is 5.92 Å². The summed E-state index contributed by atoms with van der Waals surface area (Å²) in [5, 5.41) is 8.92. The molecule has 90 valence electrons. The van der Waals surface area contributed by atoms with Gasteiger partial charge in [-0.3, -0.25) is 4.79 Å². The van der Waals surface area contributed by atoms with Crippen LogP contribution >= 0.6 is 0 Å². The van der Waals surface area contributed by atoms with Crippen molar-refractivity contribution >= 4 is 11.5 Å². The molecule has 2 rings (SSSR count). The van der Waals surface area contributed by atoms with Gasteiger partial charge in [-0.15, -0.1) is 0 Å². The van der Waals surface area contributed by atoms with E-state index in [4.69, 9.17) is 9.84 Å². The number of allylic oxidation sites excluding steroid dienone is 2. The Morgan fingerprint density at radius 3 is 2.53 bits per heavy atom. The standard InChI is InChI=1S/C14H16O3/c1-17-13-8-6-11(7-9-13)10-2-4-12(5-3-10)14(15)16/h2,6-9,12H,3-5H2,1H3,(H,15,16)/t12-/m1/s1. The summed E-state index contributed by atoms with van der Waals surface area (Å²) in [6.07, 6.45) is 4.25. The number of ether oxygens (including phenoxy) is 1. The van der Waals surface area contributed by atoms with Crippen LogP contribution < -0.4 is 4.74 Å². The molecule has 3 nitrogen and oxygen atoms in total. The van der Waals surface area contributed by atoms with Gasteiger partial charge in [0.1, 0.15) is 5.75 Å². The molecular formula is C14H16O3. The van der Waals surface area contributed by atoms with Crippen molar-refractivity contribution in [3.05, 3.63) is 35.9 Å². The number of rotatable bonds is 3. The van der Waals surface area contributed by atoms with Gasteiger partial charge in [-0.25, -0.2) is 0 Å². The number of hydrogen-bond acceptors (Lipinski definition) is 2. The Bertz CT molecular complexity index is 431. The normalized spacial score (nSPS) is 19.6. The van der Waals surface area contributed by atoms with Crippen molar-refractivity contribution in [3.63, 3.8) is 0 Å². The zero-order valence-electron chi connectivity index (χ0n) is 9.85. The van der Waals surface area contributed by atoms with Crippen molar-refractivity contribution in [1.82, 2.24) is 0 Å². The van der Waals surface area contributed by atoms with Crippen LogP contribution in [0.2, 0.25) is 0 Å². The molecule has 0 amide bonds. The number of benzene rings is 1. The molecule has 1 N–H and O–H groups in total. The third-order valence-corrected chi connectivity index (χ3v) is 3.22.